The van der Waals surface area contributed by atoms with Crippen LogP contribution in [0.4, 0.5) is 0 Å². The van der Waals surface area contributed by atoms with Gasteiger partial charge in [0.1, 0.15) is 5.69 Å². The number of nitrogens with one attached hydrogen (secondary N) is 1. The van der Waals surface area contributed by atoms with Crippen LogP contribution in [-0.4, -0.2) is 52.2 Å². The molecule has 0 unspecified atom stereocenters. The van der Waals surface area contributed by atoms with Crippen molar-refractivity contribution < 1.29 is 19.2 Å². The van der Waals surface area contributed by atoms with Crippen LogP contribution in [0.1, 0.15) is 36.2 Å². The average Bonchev–Trinajstić information content (AvgIpc) is 3.29. The summed E-state index contributed by atoms with van der Waals surface area (Å²) >= 11 is 0. The number of carboxylic acid groups (broad SMARTS) is 1. The van der Waals surface area contributed by atoms with Crippen molar-refractivity contribution >= 4 is 11.9 Å². The minimum atomic E-state index is -0.793. The van der Waals surface area contributed by atoms with Crippen LogP contribution in [0.3, 0.4) is 0 Å². The lowest BCUT2D eigenvalue weighted by Crippen LogP contribution is -2.55. The predicted molar refractivity (Wildman–Crippen MR) is 98.1 cm³/mol. The third-order valence-electron chi connectivity index (χ3n) is 5.30. The molecule has 2 saturated carbocycles. The summed E-state index contributed by atoms with van der Waals surface area (Å²) in [6.45, 7) is 0.921. The number of amides is 1. The first-order valence-corrected chi connectivity index (χ1v) is 9.37. The van der Waals surface area contributed by atoms with Crippen LogP contribution in [0.5, 0.6) is 0 Å². The van der Waals surface area contributed by atoms with Gasteiger partial charge in [-0.25, -0.2) is 0 Å². The molecule has 2 aliphatic carbocycles. The molecule has 1 aromatic carbocycles. The van der Waals surface area contributed by atoms with Gasteiger partial charge in [0.05, 0.1) is 6.54 Å². The lowest BCUT2D eigenvalue weighted by molar-refractivity contribution is -0.139. The molecule has 2 N–H and O–H groups in total. The summed E-state index contributed by atoms with van der Waals surface area (Å²) in [6, 6.07) is 11.5. The zero-order valence-electron chi connectivity index (χ0n) is 15.0. The van der Waals surface area contributed by atoms with Crippen molar-refractivity contribution in [3.05, 3.63) is 42.2 Å². The van der Waals surface area contributed by atoms with Crippen LogP contribution < -0.4 is 5.32 Å². The van der Waals surface area contributed by atoms with Crippen molar-refractivity contribution in [2.45, 2.75) is 37.8 Å². The Kier molecular flexibility index (Phi) is 4.94. The van der Waals surface area contributed by atoms with Gasteiger partial charge in [-0.15, -0.1) is 0 Å². The molecule has 27 heavy (non-hydrogen) atoms. The molecular formula is C20H23N3O4. The molecule has 4 rings (SSSR count). The molecule has 0 saturated heterocycles. The van der Waals surface area contributed by atoms with Gasteiger partial charge in [-0.2, -0.15) is 0 Å². The smallest absolute Gasteiger partial charge is 0.317 e. The minimum Gasteiger partial charge on any atom is -0.480 e. The molecule has 1 aromatic heterocycles. The van der Waals surface area contributed by atoms with Gasteiger partial charge in [-0.3, -0.25) is 14.5 Å². The van der Waals surface area contributed by atoms with Gasteiger partial charge in [0, 0.05) is 30.3 Å². The van der Waals surface area contributed by atoms with Crippen molar-refractivity contribution in [2.24, 2.45) is 5.92 Å². The van der Waals surface area contributed by atoms with Gasteiger partial charge >= 0.3 is 5.97 Å². The zero-order chi connectivity index (χ0) is 18.8. The molecule has 7 nitrogen and oxygen atoms in total. The number of nitrogens with zero attached hydrogens (tertiary/aromatic N) is 2. The van der Waals surface area contributed by atoms with Crippen LogP contribution in [0.25, 0.3) is 11.3 Å². The number of carboxylic acids is 1. The number of hydrogen-bond donors (Lipinski definition) is 2. The number of carbonyl (C=O) groups is 2. The summed E-state index contributed by atoms with van der Waals surface area (Å²) in [5, 5.41) is 16.0. The second-order valence-electron chi connectivity index (χ2n) is 7.50. The van der Waals surface area contributed by atoms with Crippen molar-refractivity contribution in [1.82, 2.24) is 15.4 Å². The maximum Gasteiger partial charge on any atom is 0.317 e. The number of aromatic nitrogens is 1. The molecule has 7 heteroatoms. The van der Waals surface area contributed by atoms with E-state index < -0.39 is 5.97 Å². The highest BCUT2D eigenvalue weighted by Gasteiger charge is 2.38. The fourth-order valence-electron chi connectivity index (χ4n) is 3.54. The molecule has 0 bridgehead atoms. The molecule has 0 spiro atoms. The molecule has 2 fully saturated rings. The quantitative estimate of drug-likeness (QED) is 0.742. The lowest BCUT2D eigenvalue weighted by Gasteiger charge is -2.42. The molecule has 0 aliphatic heterocycles. The summed E-state index contributed by atoms with van der Waals surface area (Å²) in [5.74, 6) is -0.236. The average molecular weight is 369 g/mol. The molecule has 0 atom stereocenters. The van der Waals surface area contributed by atoms with Gasteiger partial charge in [-0.1, -0.05) is 35.5 Å². The highest BCUT2D eigenvalue weighted by molar-refractivity contribution is 5.92. The Bertz CT molecular complexity index is 810. The van der Waals surface area contributed by atoms with E-state index in [2.05, 4.69) is 10.5 Å². The Morgan fingerprint density at radius 1 is 1.22 bits per heavy atom. The predicted octanol–water partition coefficient (Wildman–Crippen LogP) is 2.40. The Hall–Kier alpha value is -2.67. The van der Waals surface area contributed by atoms with Gasteiger partial charge < -0.3 is 14.9 Å². The van der Waals surface area contributed by atoms with E-state index in [9.17, 15) is 9.59 Å². The van der Waals surface area contributed by atoms with Crippen molar-refractivity contribution in [3.63, 3.8) is 0 Å². The van der Waals surface area contributed by atoms with E-state index in [1.165, 1.54) is 12.8 Å². The first-order valence-electron chi connectivity index (χ1n) is 9.37. The van der Waals surface area contributed by atoms with Gasteiger partial charge in [0.15, 0.2) is 0 Å². The van der Waals surface area contributed by atoms with Crippen LogP contribution in [0.15, 0.2) is 40.9 Å². The van der Waals surface area contributed by atoms with E-state index in [-0.39, 0.29) is 30.3 Å². The van der Waals surface area contributed by atoms with Crippen LogP contribution in [-0.2, 0) is 4.79 Å². The first-order chi connectivity index (χ1) is 13.1. The highest BCUT2D eigenvalue weighted by Crippen LogP contribution is 2.33. The minimum absolute atomic E-state index is 0.0447. The number of carbonyl (C=O) groups excluding carboxylic acids is 1. The van der Waals surface area contributed by atoms with E-state index in [1.807, 2.05) is 35.2 Å². The molecule has 2 aromatic rings. The molecular weight excluding hydrogens is 346 g/mol. The second kappa shape index (κ2) is 7.52. The number of aliphatic carboxylic acids is 1. The molecule has 142 valence electrons. The molecule has 1 amide bonds. The Morgan fingerprint density at radius 2 is 1.96 bits per heavy atom. The van der Waals surface area contributed by atoms with E-state index in [1.54, 1.807) is 6.07 Å². The molecule has 0 radical (unpaired) electrons. The van der Waals surface area contributed by atoms with E-state index in [0.29, 0.717) is 11.6 Å². The number of hydrogen-bond acceptors (Lipinski definition) is 5. The topological polar surface area (TPSA) is 95.7 Å². The Balaban J connectivity index is 1.30. The fourth-order valence-corrected chi connectivity index (χ4v) is 3.54. The van der Waals surface area contributed by atoms with E-state index >= 15 is 0 Å². The standard InChI is InChI=1S/C20H23N3O4/c24-19(25)12-23(11-13-6-7-13)16-8-15(9-16)21-20(26)18-10-17(22-27-18)14-4-2-1-3-5-14/h1-5,10,13,15-16H,6-9,11-12H2,(H,21,26)(H,24,25). The van der Waals surface area contributed by atoms with Gasteiger partial charge in [-0.05, 0) is 31.6 Å². The third-order valence-corrected chi connectivity index (χ3v) is 5.30. The van der Waals surface area contributed by atoms with Crippen molar-refractivity contribution in [1.29, 1.82) is 0 Å². The first kappa shape index (κ1) is 17.7. The maximum atomic E-state index is 12.4. The van der Waals surface area contributed by atoms with Crippen LogP contribution in [0.2, 0.25) is 0 Å². The van der Waals surface area contributed by atoms with Crippen LogP contribution >= 0.6 is 0 Å². The fraction of sp³-hybridized carbons (Fsp3) is 0.450. The van der Waals surface area contributed by atoms with Gasteiger partial charge in [0.25, 0.3) is 5.91 Å². The molecule has 2 aliphatic rings. The Morgan fingerprint density at radius 3 is 2.63 bits per heavy atom. The Labute approximate surface area is 157 Å². The normalized spacial score (nSPS) is 21.7. The van der Waals surface area contributed by atoms with E-state index in [4.69, 9.17) is 9.63 Å². The monoisotopic (exact) mass is 369 g/mol. The second-order valence-corrected chi connectivity index (χ2v) is 7.50. The third kappa shape index (κ3) is 4.36. The number of rotatable bonds is 8. The number of benzene rings is 1. The maximum absolute atomic E-state index is 12.4. The largest absolute Gasteiger partial charge is 0.480 e. The van der Waals surface area contributed by atoms with Crippen molar-refractivity contribution in [2.75, 3.05) is 13.1 Å². The van der Waals surface area contributed by atoms with Crippen molar-refractivity contribution in [3.8, 4) is 11.3 Å². The van der Waals surface area contributed by atoms with Crippen LogP contribution in [0, 0.1) is 5.92 Å². The SMILES string of the molecule is O=C(O)CN(CC1CC1)C1CC(NC(=O)c2cc(-c3ccccc3)no2)C1. The summed E-state index contributed by atoms with van der Waals surface area (Å²) in [6.07, 6.45) is 3.92. The summed E-state index contributed by atoms with van der Waals surface area (Å²) in [5.41, 5.74) is 1.53. The zero-order valence-corrected chi connectivity index (χ0v) is 15.0. The van der Waals surface area contributed by atoms with E-state index in [0.717, 1.165) is 24.9 Å². The summed E-state index contributed by atoms with van der Waals surface area (Å²) in [4.78, 5) is 25.5. The summed E-state index contributed by atoms with van der Waals surface area (Å²) in [7, 11) is 0. The van der Waals surface area contributed by atoms with Gasteiger partial charge in [0.2, 0.25) is 5.76 Å². The highest BCUT2D eigenvalue weighted by atomic mass is 16.5. The lowest BCUT2D eigenvalue weighted by atomic mass is 9.85. The molecule has 1 heterocycles. The summed E-state index contributed by atoms with van der Waals surface area (Å²) < 4.78 is 5.19.